The molecule has 3 aliphatic rings. The Kier molecular flexibility index (Phi) is 6.01. The quantitative estimate of drug-likeness (QED) is 0.831. The Labute approximate surface area is 170 Å². The van der Waals surface area contributed by atoms with Gasteiger partial charge in [-0.2, -0.15) is 0 Å². The van der Waals surface area contributed by atoms with Crippen LogP contribution in [0.1, 0.15) is 42.5 Å². The Bertz CT molecular complexity index is 732. The van der Waals surface area contributed by atoms with E-state index < -0.39 is 0 Å². The van der Waals surface area contributed by atoms with Crippen LogP contribution in [0.2, 0.25) is 5.02 Å². The zero-order chi connectivity index (χ0) is 19.5. The first kappa shape index (κ1) is 19.5. The molecule has 0 aromatic carbocycles. The number of pyridine rings is 1. The fraction of sp³-hybridized carbons (Fsp3) is 0.650. The molecule has 28 heavy (non-hydrogen) atoms. The standard InChI is InChI=1S/C20H27ClN4O3/c21-17-11-15(20(27)24-7-9-28-10-8-24)12-22-18(17)23-16-5-6-25(13-16)19(26)14-3-1-2-4-14/h11-12,14,16H,1-10,13H2,(H,22,23). The number of morpholine rings is 1. The molecule has 2 saturated heterocycles. The van der Waals surface area contributed by atoms with Crippen molar-refractivity contribution < 1.29 is 14.3 Å². The van der Waals surface area contributed by atoms with E-state index in [0.717, 1.165) is 25.8 Å². The first-order valence-corrected chi connectivity index (χ1v) is 10.6. The highest BCUT2D eigenvalue weighted by atomic mass is 35.5. The number of aromatic nitrogens is 1. The molecule has 3 heterocycles. The van der Waals surface area contributed by atoms with Crippen molar-refractivity contribution >= 4 is 29.2 Å². The number of carbonyl (C=O) groups excluding carboxylic acids is 2. The topological polar surface area (TPSA) is 74.8 Å². The lowest BCUT2D eigenvalue weighted by Gasteiger charge is -2.27. The molecule has 1 atom stereocenters. The minimum atomic E-state index is -0.0709. The van der Waals surface area contributed by atoms with Gasteiger partial charge in [-0.3, -0.25) is 9.59 Å². The van der Waals surface area contributed by atoms with Crippen molar-refractivity contribution in [2.45, 2.75) is 38.1 Å². The molecular weight excluding hydrogens is 380 g/mol. The molecule has 152 valence electrons. The van der Waals surface area contributed by atoms with Gasteiger partial charge in [0.15, 0.2) is 0 Å². The summed E-state index contributed by atoms with van der Waals surface area (Å²) in [5.41, 5.74) is 0.488. The van der Waals surface area contributed by atoms with Gasteiger partial charge in [-0.1, -0.05) is 24.4 Å². The Balaban J connectivity index is 1.35. The lowest BCUT2D eigenvalue weighted by atomic mass is 10.1. The van der Waals surface area contributed by atoms with Crippen molar-refractivity contribution in [3.8, 4) is 0 Å². The SMILES string of the molecule is O=C(c1cnc(NC2CCN(C(=O)C3CCCC3)C2)c(Cl)c1)N1CCOCC1. The van der Waals surface area contributed by atoms with Crippen LogP contribution in [-0.4, -0.2) is 72.0 Å². The largest absolute Gasteiger partial charge is 0.378 e. The molecule has 0 bridgehead atoms. The molecule has 2 amide bonds. The summed E-state index contributed by atoms with van der Waals surface area (Å²) in [6.45, 7) is 3.75. The van der Waals surface area contributed by atoms with Gasteiger partial charge >= 0.3 is 0 Å². The van der Waals surface area contributed by atoms with Crippen molar-refractivity contribution in [3.63, 3.8) is 0 Å². The lowest BCUT2D eigenvalue weighted by Crippen LogP contribution is -2.40. The highest BCUT2D eigenvalue weighted by Gasteiger charge is 2.32. The van der Waals surface area contributed by atoms with E-state index in [1.165, 1.54) is 12.8 Å². The Hall–Kier alpha value is -1.86. The highest BCUT2D eigenvalue weighted by molar-refractivity contribution is 6.33. The van der Waals surface area contributed by atoms with Crippen LogP contribution in [0.5, 0.6) is 0 Å². The number of halogens is 1. The smallest absolute Gasteiger partial charge is 0.255 e. The zero-order valence-electron chi connectivity index (χ0n) is 16.0. The average Bonchev–Trinajstić information content (AvgIpc) is 3.41. The molecule has 8 heteroatoms. The lowest BCUT2D eigenvalue weighted by molar-refractivity contribution is -0.134. The number of rotatable bonds is 4. The van der Waals surface area contributed by atoms with Crippen LogP contribution in [0.4, 0.5) is 5.82 Å². The number of carbonyl (C=O) groups is 2. The normalized spacial score (nSPS) is 23.2. The summed E-state index contributed by atoms with van der Waals surface area (Å²) >= 11 is 6.39. The van der Waals surface area contributed by atoms with Crippen molar-refractivity contribution in [1.82, 2.24) is 14.8 Å². The second-order valence-electron chi connectivity index (χ2n) is 7.85. The minimum absolute atomic E-state index is 0.0709. The summed E-state index contributed by atoms with van der Waals surface area (Å²) in [6, 6.07) is 1.81. The summed E-state index contributed by atoms with van der Waals surface area (Å²) < 4.78 is 5.29. The molecular formula is C20H27ClN4O3. The van der Waals surface area contributed by atoms with Crippen LogP contribution in [0.25, 0.3) is 0 Å². The van der Waals surface area contributed by atoms with Crippen molar-refractivity contribution in [2.75, 3.05) is 44.7 Å². The number of hydrogen-bond acceptors (Lipinski definition) is 5. The van der Waals surface area contributed by atoms with E-state index in [1.54, 1.807) is 17.2 Å². The van der Waals surface area contributed by atoms with E-state index >= 15 is 0 Å². The maximum atomic E-state index is 12.6. The molecule has 1 aliphatic carbocycles. The van der Waals surface area contributed by atoms with Crippen LogP contribution in [0, 0.1) is 5.92 Å². The molecule has 0 radical (unpaired) electrons. The maximum absolute atomic E-state index is 12.6. The van der Waals surface area contributed by atoms with Crippen molar-refractivity contribution in [1.29, 1.82) is 0 Å². The molecule has 4 rings (SSSR count). The predicted molar refractivity (Wildman–Crippen MR) is 107 cm³/mol. The summed E-state index contributed by atoms with van der Waals surface area (Å²) in [6.07, 6.45) is 6.84. The Morgan fingerprint density at radius 1 is 1.11 bits per heavy atom. The Morgan fingerprint density at radius 2 is 1.86 bits per heavy atom. The number of amides is 2. The average molecular weight is 407 g/mol. The number of nitrogens with one attached hydrogen (secondary N) is 1. The van der Waals surface area contributed by atoms with E-state index in [1.807, 2.05) is 4.90 Å². The van der Waals surface area contributed by atoms with Gasteiger partial charge in [0.25, 0.3) is 5.91 Å². The van der Waals surface area contributed by atoms with Crippen LogP contribution < -0.4 is 5.32 Å². The van der Waals surface area contributed by atoms with Gasteiger partial charge in [0.2, 0.25) is 5.91 Å². The van der Waals surface area contributed by atoms with Gasteiger partial charge in [0, 0.05) is 44.3 Å². The molecule has 1 aromatic heterocycles. The maximum Gasteiger partial charge on any atom is 0.255 e. The number of likely N-dealkylation sites (tertiary alicyclic amines) is 1. The zero-order valence-corrected chi connectivity index (χ0v) is 16.8. The summed E-state index contributed by atoms with van der Waals surface area (Å²) in [7, 11) is 0. The third kappa shape index (κ3) is 4.25. The van der Waals surface area contributed by atoms with Gasteiger partial charge in [0.1, 0.15) is 5.82 Å². The van der Waals surface area contributed by atoms with E-state index in [2.05, 4.69) is 10.3 Å². The van der Waals surface area contributed by atoms with Gasteiger partial charge in [-0.25, -0.2) is 4.98 Å². The number of ether oxygens (including phenoxy) is 1. The van der Waals surface area contributed by atoms with Gasteiger partial charge in [-0.05, 0) is 25.3 Å². The predicted octanol–water partition coefficient (Wildman–Crippen LogP) is 2.41. The van der Waals surface area contributed by atoms with Crippen LogP contribution >= 0.6 is 11.6 Å². The fourth-order valence-corrected chi connectivity index (χ4v) is 4.53. The van der Waals surface area contributed by atoms with Gasteiger partial charge in [0.05, 0.1) is 23.8 Å². The van der Waals surface area contributed by atoms with E-state index in [0.29, 0.717) is 55.2 Å². The van der Waals surface area contributed by atoms with E-state index in [-0.39, 0.29) is 17.9 Å². The van der Waals surface area contributed by atoms with Crippen LogP contribution in [0.3, 0.4) is 0 Å². The summed E-state index contributed by atoms with van der Waals surface area (Å²) in [5, 5.41) is 3.78. The minimum Gasteiger partial charge on any atom is -0.378 e. The van der Waals surface area contributed by atoms with Gasteiger partial charge in [-0.15, -0.1) is 0 Å². The number of hydrogen-bond donors (Lipinski definition) is 1. The Morgan fingerprint density at radius 3 is 2.57 bits per heavy atom. The summed E-state index contributed by atoms with van der Waals surface area (Å²) in [5.74, 6) is 1.01. The second kappa shape index (κ2) is 8.66. The summed E-state index contributed by atoms with van der Waals surface area (Å²) in [4.78, 5) is 33.3. The third-order valence-electron chi connectivity index (χ3n) is 5.93. The first-order chi connectivity index (χ1) is 13.6. The monoisotopic (exact) mass is 406 g/mol. The molecule has 1 saturated carbocycles. The molecule has 3 fully saturated rings. The molecule has 1 unspecified atom stereocenters. The number of anilines is 1. The molecule has 1 aromatic rings. The van der Waals surface area contributed by atoms with Crippen LogP contribution in [-0.2, 0) is 9.53 Å². The van der Waals surface area contributed by atoms with Crippen LogP contribution in [0.15, 0.2) is 12.3 Å². The van der Waals surface area contributed by atoms with Crippen molar-refractivity contribution in [3.05, 3.63) is 22.8 Å². The number of nitrogens with zero attached hydrogens (tertiary/aromatic N) is 3. The third-order valence-corrected chi connectivity index (χ3v) is 6.22. The molecule has 0 spiro atoms. The van der Waals surface area contributed by atoms with Crippen molar-refractivity contribution in [2.24, 2.45) is 5.92 Å². The fourth-order valence-electron chi connectivity index (χ4n) is 4.31. The molecule has 7 nitrogen and oxygen atoms in total. The molecule has 2 aliphatic heterocycles. The van der Waals surface area contributed by atoms with Gasteiger partial charge < -0.3 is 19.9 Å². The first-order valence-electron chi connectivity index (χ1n) is 10.2. The van der Waals surface area contributed by atoms with E-state index in [4.69, 9.17) is 16.3 Å². The van der Waals surface area contributed by atoms with E-state index in [9.17, 15) is 9.59 Å². The molecule has 1 N–H and O–H groups in total. The second-order valence-corrected chi connectivity index (χ2v) is 8.26. The highest BCUT2D eigenvalue weighted by Crippen LogP contribution is 2.29.